The third-order valence-electron chi connectivity index (χ3n) is 3.44. The lowest BCUT2D eigenvalue weighted by Crippen LogP contribution is -2.23. The molecule has 20 heavy (non-hydrogen) atoms. The molecule has 0 atom stereocenters. The van der Waals surface area contributed by atoms with E-state index in [1.807, 2.05) is 0 Å². The van der Waals surface area contributed by atoms with Gasteiger partial charge in [0.25, 0.3) is 0 Å². The first-order valence-corrected chi connectivity index (χ1v) is 7.89. The number of nitrogen functional groups attached to an aromatic ring is 1. The topological polar surface area (TPSA) is 64.8 Å². The number of esters is 1. The molecule has 6 heteroatoms. The summed E-state index contributed by atoms with van der Waals surface area (Å²) in [6.07, 6.45) is 4.83. The molecule has 0 aromatic carbocycles. The van der Waals surface area contributed by atoms with Crippen molar-refractivity contribution >= 4 is 28.0 Å². The van der Waals surface area contributed by atoms with Crippen molar-refractivity contribution < 1.29 is 14.3 Å². The quantitative estimate of drug-likeness (QED) is 0.866. The first kappa shape index (κ1) is 15.0. The molecule has 2 heterocycles. The lowest BCUT2D eigenvalue weighted by Gasteiger charge is -2.21. The van der Waals surface area contributed by atoms with Gasteiger partial charge in [0.2, 0.25) is 0 Å². The Morgan fingerprint density at radius 2 is 1.95 bits per heavy atom. The Labute approximate surface area is 123 Å². The summed E-state index contributed by atoms with van der Waals surface area (Å²) in [5, 5.41) is 0.954. The minimum absolute atomic E-state index is 0.345. The Bertz CT molecular complexity index is 465. The molecule has 1 aliphatic heterocycles. The molecule has 5 nitrogen and oxygen atoms in total. The van der Waals surface area contributed by atoms with E-state index < -0.39 is 0 Å². The summed E-state index contributed by atoms with van der Waals surface area (Å²) in [4.78, 5) is 14.7. The average molecular weight is 298 g/mol. The van der Waals surface area contributed by atoms with E-state index in [0.29, 0.717) is 22.9 Å². The van der Waals surface area contributed by atoms with Gasteiger partial charge in [-0.3, -0.25) is 0 Å². The SMILES string of the molecule is CCOC(=O)c1sc(N2CCCCCC2)c(OC)c1N. The predicted molar refractivity (Wildman–Crippen MR) is 81.9 cm³/mol. The van der Waals surface area contributed by atoms with Crippen LogP contribution >= 0.6 is 11.3 Å². The molecule has 1 fully saturated rings. The number of carbonyl (C=O) groups is 1. The lowest BCUT2D eigenvalue weighted by atomic mass is 10.2. The first-order chi connectivity index (χ1) is 9.69. The molecule has 112 valence electrons. The smallest absolute Gasteiger partial charge is 0.350 e. The average Bonchev–Trinajstić information content (AvgIpc) is 2.63. The van der Waals surface area contributed by atoms with Gasteiger partial charge in [-0.1, -0.05) is 12.8 Å². The Kier molecular flexibility index (Phi) is 5.11. The zero-order valence-corrected chi connectivity index (χ0v) is 12.9. The highest BCUT2D eigenvalue weighted by Gasteiger charge is 2.26. The van der Waals surface area contributed by atoms with Gasteiger partial charge in [-0.2, -0.15) is 0 Å². The maximum atomic E-state index is 11.9. The molecule has 0 bridgehead atoms. The van der Waals surface area contributed by atoms with Gasteiger partial charge in [0.05, 0.1) is 13.7 Å². The molecule has 0 unspecified atom stereocenters. The van der Waals surface area contributed by atoms with Crippen LogP contribution in [-0.4, -0.2) is 32.8 Å². The molecule has 0 amide bonds. The maximum absolute atomic E-state index is 11.9. The molecule has 0 spiro atoms. The second-order valence-electron chi connectivity index (χ2n) is 4.80. The second kappa shape index (κ2) is 6.83. The number of carbonyl (C=O) groups excluding carboxylic acids is 1. The Hall–Kier alpha value is -1.43. The molecule has 1 saturated heterocycles. The number of ether oxygens (including phenoxy) is 2. The lowest BCUT2D eigenvalue weighted by molar-refractivity contribution is 0.0533. The summed E-state index contributed by atoms with van der Waals surface area (Å²) >= 11 is 1.38. The van der Waals surface area contributed by atoms with Crippen LogP contribution in [0.5, 0.6) is 5.75 Å². The zero-order valence-electron chi connectivity index (χ0n) is 12.1. The number of anilines is 2. The van der Waals surface area contributed by atoms with Crippen molar-refractivity contribution in [3.05, 3.63) is 4.88 Å². The number of nitrogens with zero attached hydrogens (tertiary/aromatic N) is 1. The van der Waals surface area contributed by atoms with Crippen LogP contribution in [0.25, 0.3) is 0 Å². The maximum Gasteiger partial charge on any atom is 0.350 e. The molecule has 0 saturated carbocycles. The van der Waals surface area contributed by atoms with E-state index in [4.69, 9.17) is 15.2 Å². The third kappa shape index (κ3) is 3.00. The monoisotopic (exact) mass is 298 g/mol. The zero-order chi connectivity index (χ0) is 14.5. The van der Waals surface area contributed by atoms with Gasteiger partial charge < -0.3 is 20.1 Å². The van der Waals surface area contributed by atoms with Gasteiger partial charge >= 0.3 is 5.97 Å². The standard InChI is InChI=1S/C14H22N2O3S/c1-3-19-14(17)12-10(15)11(18-2)13(20-12)16-8-6-4-5-7-9-16/h3-9,15H2,1-2H3. The normalized spacial score (nSPS) is 15.8. The second-order valence-corrected chi connectivity index (χ2v) is 5.80. The molecule has 0 radical (unpaired) electrons. The van der Waals surface area contributed by atoms with Crippen molar-refractivity contribution in [2.75, 3.05) is 37.4 Å². The summed E-state index contributed by atoms with van der Waals surface area (Å²) in [6.45, 7) is 4.10. The molecule has 2 rings (SSSR count). The van der Waals surface area contributed by atoms with Gasteiger partial charge in [0.15, 0.2) is 5.75 Å². The summed E-state index contributed by atoms with van der Waals surface area (Å²) < 4.78 is 10.5. The van der Waals surface area contributed by atoms with Crippen LogP contribution in [0.2, 0.25) is 0 Å². The molecular weight excluding hydrogens is 276 g/mol. The van der Waals surface area contributed by atoms with Crippen molar-refractivity contribution in [2.45, 2.75) is 32.6 Å². The minimum Gasteiger partial charge on any atom is -0.492 e. The third-order valence-corrected chi connectivity index (χ3v) is 4.67. The number of hydrogen-bond donors (Lipinski definition) is 1. The summed E-state index contributed by atoms with van der Waals surface area (Å²) in [5.41, 5.74) is 6.45. The van der Waals surface area contributed by atoms with Gasteiger partial charge in [-0.25, -0.2) is 4.79 Å². The van der Waals surface area contributed by atoms with E-state index in [-0.39, 0.29) is 5.97 Å². The van der Waals surface area contributed by atoms with Crippen molar-refractivity contribution in [3.8, 4) is 5.75 Å². The van der Waals surface area contributed by atoms with E-state index in [1.165, 1.54) is 24.2 Å². The molecule has 1 aliphatic rings. The summed E-state index contributed by atoms with van der Waals surface area (Å²) in [6, 6.07) is 0. The fourth-order valence-corrected chi connectivity index (χ4v) is 3.58. The molecular formula is C14H22N2O3S. The summed E-state index contributed by atoms with van der Waals surface area (Å²) in [7, 11) is 1.59. The van der Waals surface area contributed by atoms with E-state index in [0.717, 1.165) is 30.9 Å². The number of hydrogen-bond acceptors (Lipinski definition) is 6. The fraction of sp³-hybridized carbons (Fsp3) is 0.643. The van der Waals surface area contributed by atoms with Crippen LogP contribution in [0.4, 0.5) is 10.7 Å². The van der Waals surface area contributed by atoms with Crippen LogP contribution in [0.3, 0.4) is 0 Å². The largest absolute Gasteiger partial charge is 0.492 e. The number of rotatable bonds is 4. The Morgan fingerprint density at radius 1 is 1.30 bits per heavy atom. The van der Waals surface area contributed by atoms with E-state index >= 15 is 0 Å². The van der Waals surface area contributed by atoms with Crippen LogP contribution < -0.4 is 15.4 Å². The highest BCUT2D eigenvalue weighted by atomic mass is 32.1. The summed E-state index contributed by atoms with van der Waals surface area (Å²) in [5.74, 6) is 0.245. The van der Waals surface area contributed by atoms with Crippen molar-refractivity contribution in [2.24, 2.45) is 0 Å². The van der Waals surface area contributed by atoms with Crippen LogP contribution in [0.1, 0.15) is 42.3 Å². The number of nitrogens with two attached hydrogens (primary N) is 1. The molecule has 1 aromatic rings. The van der Waals surface area contributed by atoms with Gasteiger partial charge in [-0.15, -0.1) is 11.3 Å². The van der Waals surface area contributed by atoms with E-state index in [1.54, 1.807) is 14.0 Å². The van der Waals surface area contributed by atoms with E-state index in [9.17, 15) is 4.79 Å². The van der Waals surface area contributed by atoms with Crippen molar-refractivity contribution in [3.63, 3.8) is 0 Å². The Morgan fingerprint density at radius 3 is 2.50 bits per heavy atom. The highest BCUT2D eigenvalue weighted by molar-refractivity contribution is 7.19. The van der Waals surface area contributed by atoms with E-state index in [2.05, 4.69) is 4.90 Å². The van der Waals surface area contributed by atoms with Crippen LogP contribution in [0, 0.1) is 0 Å². The van der Waals surface area contributed by atoms with Crippen LogP contribution in [0.15, 0.2) is 0 Å². The minimum atomic E-state index is -0.366. The molecule has 2 N–H and O–H groups in total. The van der Waals surface area contributed by atoms with Gasteiger partial charge in [0, 0.05) is 13.1 Å². The molecule has 1 aromatic heterocycles. The van der Waals surface area contributed by atoms with Crippen molar-refractivity contribution in [1.82, 2.24) is 0 Å². The highest BCUT2D eigenvalue weighted by Crippen LogP contribution is 2.45. The van der Waals surface area contributed by atoms with Crippen molar-refractivity contribution in [1.29, 1.82) is 0 Å². The molecule has 0 aliphatic carbocycles. The van der Waals surface area contributed by atoms with Gasteiger partial charge in [0.1, 0.15) is 15.6 Å². The van der Waals surface area contributed by atoms with Crippen LogP contribution in [-0.2, 0) is 4.74 Å². The number of thiophene rings is 1. The Balaban J connectivity index is 2.31. The predicted octanol–water partition coefficient (Wildman–Crippen LogP) is 2.90. The first-order valence-electron chi connectivity index (χ1n) is 7.07. The fourth-order valence-electron chi connectivity index (χ4n) is 2.44. The number of methoxy groups -OCH3 is 1. The van der Waals surface area contributed by atoms with Gasteiger partial charge in [-0.05, 0) is 19.8 Å².